The standard InChI is InChI=1S/C22H29BrFNO.ClH/c1-2-3-4-5-6-7-14-25-16-19-15-20(23)10-13-22(19)26-17-18-8-11-21(24)12-9-18;/h8-13,15,25H,2-7,14,16-17H2,1H3;1H. The first-order valence-corrected chi connectivity index (χ1v) is 10.3. The van der Waals surface area contributed by atoms with E-state index in [-0.39, 0.29) is 18.2 Å². The van der Waals surface area contributed by atoms with Gasteiger partial charge in [0.05, 0.1) is 0 Å². The van der Waals surface area contributed by atoms with Crippen LogP contribution in [0.15, 0.2) is 46.9 Å². The number of ether oxygens (including phenoxy) is 1. The van der Waals surface area contributed by atoms with Gasteiger partial charge in [0.15, 0.2) is 0 Å². The number of benzene rings is 2. The molecule has 0 atom stereocenters. The zero-order valence-corrected chi connectivity index (χ0v) is 18.4. The third kappa shape index (κ3) is 9.59. The second-order valence-electron chi connectivity index (χ2n) is 6.61. The molecule has 0 aliphatic carbocycles. The van der Waals surface area contributed by atoms with Gasteiger partial charge in [-0.05, 0) is 48.9 Å². The van der Waals surface area contributed by atoms with Crippen LogP contribution in [0.2, 0.25) is 0 Å². The fourth-order valence-electron chi connectivity index (χ4n) is 2.82. The van der Waals surface area contributed by atoms with E-state index in [1.807, 2.05) is 12.1 Å². The number of hydrogen-bond donors (Lipinski definition) is 1. The average Bonchev–Trinajstić information content (AvgIpc) is 2.64. The molecule has 2 nitrogen and oxygen atoms in total. The highest BCUT2D eigenvalue weighted by Crippen LogP contribution is 2.24. The van der Waals surface area contributed by atoms with Crippen molar-refractivity contribution in [3.63, 3.8) is 0 Å². The van der Waals surface area contributed by atoms with Gasteiger partial charge in [0, 0.05) is 16.6 Å². The fourth-order valence-corrected chi connectivity index (χ4v) is 3.23. The Hall–Kier alpha value is -1.10. The molecule has 0 fully saturated rings. The molecule has 2 aromatic carbocycles. The van der Waals surface area contributed by atoms with E-state index in [9.17, 15) is 4.39 Å². The van der Waals surface area contributed by atoms with Crippen molar-refractivity contribution in [2.24, 2.45) is 0 Å². The van der Waals surface area contributed by atoms with Gasteiger partial charge in [-0.3, -0.25) is 0 Å². The summed E-state index contributed by atoms with van der Waals surface area (Å²) in [5.74, 6) is 0.643. The number of unbranched alkanes of at least 4 members (excludes halogenated alkanes) is 5. The van der Waals surface area contributed by atoms with Crippen molar-refractivity contribution in [2.75, 3.05) is 6.54 Å². The topological polar surface area (TPSA) is 21.3 Å². The summed E-state index contributed by atoms with van der Waals surface area (Å²) in [4.78, 5) is 0. The van der Waals surface area contributed by atoms with E-state index in [1.165, 1.54) is 50.7 Å². The zero-order valence-electron chi connectivity index (χ0n) is 16.0. The second-order valence-corrected chi connectivity index (χ2v) is 7.53. The van der Waals surface area contributed by atoms with E-state index in [0.29, 0.717) is 6.61 Å². The molecule has 0 aliphatic heterocycles. The molecule has 0 heterocycles. The summed E-state index contributed by atoms with van der Waals surface area (Å²) in [6.07, 6.45) is 7.83. The lowest BCUT2D eigenvalue weighted by atomic mass is 10.1. The van der Waals surface area contributed by atoms with Gasteiger partial charge in [-0.15, -0.1) is 12.4 Å². The maximum atomic E-state index is 13.0. The summed E-state index contributed by atoms with van der Waals surface area (Å²) in [7, 11) is 0. The van der Waals surface area contributed by atoms with Crippen molar-refractivity contribution in [2.45, 2.75) is 58.6 Å². The van der Waals surface area contributed by atoms with Crippen LogP contribution < -0.4 is 10.1 Å². The maximum absolute atomic E-state index is 13.0. The van der Waals surface area contributed by atoms with Crippen LogP contribution in [0.4, 0.5) is 4.39 Å². The number of rotatable bonds is 12. The van der Waals surface area contributed by atoms with Gasteiger partial charge in [0.2, 0.25) is 0 Å². The molecule has 0 unspecified atom stereocenters. The molecular formula is C22H30BrClFNO. The van der Waals surface area contributed by atoms with Crippen LogP contribution in [-0.4, -0.2) is 6.54 Å². The van der Waals surface area contributed by atoms with Crippen LogP contribution in [-0.2, 0) is 13.2 Å². The van der Waals surface area contributed by atoms with E-state index >= 15 is 0 Å². The molecule has 5 heteroatoms. The van der Waals surface area contributed by atoms with E-state index in [1.54, 1.807) is 12.1 Å². The van der Waals surface area contributed by atoms with E-state index < -0.39 is 0 Å². The summed E-state index contributed by atoms with van der Waals surface area (Å²) in [5, 5.41) is 3.52. The molecule has 0 aliphatic rings. The summed E-state index contributed by atoms with van der Waals surface area (Å²) >= 11 is 3.53. The Labute approximate surface area is 177 Å². The highest BCUT2D eigenvalue weighted by molar-refractivity contribution is 9.10. The minimum atomic E-state index is -0.225. The van der Waals surface area contributed by atoms with Gasteiger partial charge in [-0.1, -0.05) is 67.1 Å². The third-order valence-electron chi connectivity index (χ3n) is 4.35. The van der Waals surface area contributed by atoms with Crippen molar-refractivity contribution in [3.05, 3.63) is 63.9 Å². The lowest BCUT2D eigenvalue weighted by molar-refractivity contribution is 0.302. The van der Waals surface area contributed by atoms with E-state index in [0.717, 1.165) is 34.4 Å². The molecule has 0 radical (unpaired) electrons. The minimum absolute atomic E-state index is 0. The van der Waals surface area contributed by atoms with Gasteiger partial charge >= 0.3 is 0 Å². The molecule has 27 heavy (non-hydrogen) atoms. The molecule has 0 saturated heterocycles. The van der Waals surface area contributed by atoms with Gasteiger partial charge in [-0.2, -0.15) is 0 Å². The predicted octanol–water partition coefficient (Wildman–Crippen LogP) is 7.04. The van der Waals surface area contributed by atoms with Crippen LogP contribution >= 0.6 is 28.3 Å². The van der Waals surface area contributed by atoms with E-state index in [2.05, 4.69) is 34.2 Å². The summed E-state index contributed by atoms with van der Waals surface area (Å²) < 4.78 is 20.0. The van der Waals surface area contributed by atoms with Gasteiger partial charge in [-0.25, -0.2) is 4.39 Å². The SMILES string of the molecule is CCCCCCCCNCc1cc(Br)ccc1OCc1ccc(F)cc1.Cl. The van der Waals surface area contributed by atoms with Crippen LogP contribution in [0.25, 0.3) is 0 Å². The van der Waals surface area contributed by atoms with Crippen LogP contribution in [0.5, 0.6) is 5.75 Å². The first-order valence-electron chi connectivity index (χ1n) is 9.55. The van der Waals surface area contributed by atoms with Crippen molar-refractivity contribution in [1.29, 1.82) is 0 Å². The summed E-state index contributed by atoms with van der Waals surface area (Å²) in [6.45, 7) is 4.49. The van der Waals surface area contributed by atoms with E-state index in [4.69, 9.17) is 4.74 Å². The summed E-state index contributed by atoms with van der Waals surface area (Å²) in [6, 6.07) is 12.5. The Balaban J connectivity index is 0.00000364. The minimum Gasteiger partial charge on any atom is -0.489 e. The Morgan fingerprint density at radius 3 is 2.41 bits per heavy atom. The number of hydrogen-bond acceptors (Lipinski definition) is 2. The zero-order chi connectivity index (χ0) is 18.6. The maximum Gasteiger partial charge on any atom is 0.124 e. The predicted molar refractivity (Wildman–Crippen MR) is 117 cm³/mol. The van der Waals surface area contributed by atoms with Crippen molar-refractivity contribution in [3.8, 4) is 5.75 Å². The number of halogens is 3. The molecule has 0 saturated carbocycles. The Morgan fingerprint density at radius 2 is 1.67 bits per heavy atom. The normalized spacial score (nSPS) is 10.5. The van der Waals surface area contributed by atoms with Crippen molar-refractivity contribution < 1.29 is 9.13 Å². The molecule has 150 valence electrons. The molecule has 0 amide bonds. The van der Waals surface area contributed by atoms with Gasteiger partial charge in [0.25, 0.3) is 0 Å². The second kappa shape index (κ2) is 14.0. The van der Waals surface area contributed by atoms with Crippen LogP contribution in [0, 0.1) is 5.82 Å². The van der Waals surface area contributed by atoms with Crippen molar-refractivity contribution >= 4 is 28.3 Å². The molecule has 0 aromatic heterocycles. The Bertz CT molecular complexity index is 651. The highest BCUT2D eigenvalue weighted by Gasteiger charge is 2.05. The third-order valence-corrected chi connectivity index (χ3v) is 4.85. The first-order chi connectivity index (χ1) is 12.7. The van der Waals surface area contributed by atoms with Gasteiger partial charge in [0.1, 0.15) is 18.2 Å². The quantitative estimate of drug-likeness (QED) is 0.344. The Kier molecular flexibility index (Phi) is 12.4. The van der Waals surface area contributed by atoms with Crippen LogP contribution in [0.1, 0.15) is 56.6 Å². The highest BCUT2D eigenvalue weighted by atomic mass is 79.9. The average molecular weight is 459 g/mol. The lowest BCUT2D eigenvalue weighted by Gasteiger charge is -2.13. The first kappa shape index (κ1) is 23.9. The molecule has 1 N–H and O–H groups in total. The Morgan fingerprint density at radius 1 is 0.963 bits per heavy atom. The molecule has 0 spiro atoms. The largest absolute Gasteiger partial charge is 0.489 e. The lowest BCUT2D eigenvalue weighted by Crippen LogP contribution is -2.15. The monoisotopic (exact) mass is 457 g/mol. The van der Waals surface area contributed by atoms with Gasteiger partial charge < -0.3 is 10.1 Å². The smallest absolute Gasteiger partial charge is 0.124 e. The molecule has 2 aromatic rings. The molecule has 0 bridgehead atoms. The van der Waals surface area contributed by atoms with Crippen molar-refractivity contribution in [1.82, 2.24) is 5.32 Å². The molecule has 2 rings (SSSR count). The molecular weight excluding hydrogens is 429 g/mol. The van der Waals surface area contributed by atoms with Crippen LogP contribution in [0.3, 0.4) is 0 Å². The fraction of sp³-hybridized carbons (Fsp3) is 0.455. The summed E-state index contributed by atoms with van der Waals surface area (Å²) in [5.41, 5.74) is 2.09. The number of nitrogens with one attached hydrogen (secondary N) is 1.